The Morgan fingerprint density at radius 1 is 1.42 bits per heavy atom. The molecule has 0 aliphatic carbocycles. The Bertz CT molecular complexity index is 696. The van der Waals surface area contributed by atoms with Crippen LogP contribution in [-0.4, -0.2) is 29.1 Å². The first-order chi connectivity index (χ1) is 11.6. The quantitative estimate of drug-likeness (QED) is 0.768. The van der Waals surface area contributed by atoms with Crippen LogP contribution < -0.4 is 10.6 Å². The van der Waals surface area contributed by atoms with Crippen LogP contribution >= 0.6 is 11.3 Å². The van der Waals surface area contributed by atoms with Gasteiger partial charge in [-0.25, -0.2) is 9.37 Å². The number of carbonyl (C=O) groups is 1. The van der Waals surface area contributed by atoms with E-state index < -0.39 is 5.41 Å². The summed E-state index contributed by atoms with van der Waals surface area (Å²) >= 11 is 1.41. The number of benzene rings is 1. The Kier molecular flexibility index (Phi) is 5.23. The molecule has 0 bridgehead atoms. The summed E-state index contributed by atoms with van der Waals surface area (Å²) in [6.45, 7) is 1.63. The topological polar surface area (TPSA) is 74.2 Å². The molecule has 1 fully saturated rings. The zero-order valence-corrected chi connectivity index (χ0v) is 14.0. The number of nitrogens with zero attached hydrogens (tertiary/aromatic N) is 1. The number of halogens is 1. The number of rotatable bonds is 5. The average Bonchev–Trinajstić information content (AvgIpc) is 3.09. The zero-order valence-electron chi connectivity index (χ0n) is 13.2. The van der Waals surface area contributed by atoms with Crippen LogP contribution in [0.3, 0.4) is 0 Å². The highest BCUT2D eigenvalue weighted by atomic mass is 32.1. The minimum atomic E-state index is -0.691. The largest absolute Gasteiger partial charge is 0.390 e. The van der Waals surface area contributed by atoms with Crippen LogP contribution in [0.4, 0.5) is 4.39 Å². The van der Waals surface area contributed by atoms with E-state index in [1.165, 1.54) is 23.5 Å². The second kappa shape index (κ2) is 7.38. The molecule has 2 aromatic rings. The van der Waals surface area contributed by atoms with Crippen molar-refractivity contribution >= 4 is 17.2 Å². The lowest BCUT2D eigenvalue weighted by molar-refractivity contribution is -0.127. The third-order valence-electron chi connectivity index (χ3n) is 4.38. The Morgan fingerprint density at radius 2 is 2.21 bits per heavy atom. The number of thiazole rings is 1. The number of hydrogen-bond donors (Lipinski definition) is 3. The molecular formula is C17H20FN3O2S. The van der Waals surface area contributed by atoms with Crippen molar-refractivity contribution in [2.75, 3.05) is 13.1 Å². The predicted molar refractivity (Wildman–Crippen MR) is 90.1 cm³/mol. The molecule has 5 nitrogen and oxygen atoms in total. The van der Waals surface area contributed by atoms with Gasteiger partial charge in [0.05, 0.1) is 24.3 Å². The number of carbonyl (C=O) groups excluding carboxylic acids is 1. The molecule has 2 heterocycles. The number of aromatic nitrogens is 1. The van der Waals surface area contributed by atoms with Gasteiger partial charge in [-0.2, -0.15) is 0 Å². The van der Waals surface area contributed by atoms with Crippen molar-refractivity contribution in [1.82, 2.24) is 15.6 Å². The van der Waals surface area contributed by atoms with Crippen LogP contribution in [-0.2, 0) is 23.4 Å². The maximum absolute atomic E-state index is 13.2. The minimum absolute atomic E-state index is 0.0814. The van der Waals surface area contributed by atoms with Gasteiger partial charge in [-0.05, 0) is 37.1 Å². The van der Waals surface area contributed by atoms with Crippen molar-refractivity contribution in [3.05, 3.63) is 51.7 Å². The molecule has 0 spiro atoms. The van der Waals surface area contributed by atoms with Crippen LogP contribution in [0.1, 0.15) is 29.1 Å². The molecule has 3 rings (SSSR count). The van der Waals surface area contributed by atoms with Gasteiger partial charge in [0, 0.05) is 11.9 Å². The van der Waals surface area contributed by atoms with Crippen LogP contribution in [0.2, 0.25) is 0 Å². The summed E-state index contributed by atoms with van der Waals surface area (Å²) in [6.07, 6.45) is 1.61. The lowest BCUT2D eigenvalue weighted by atomic mass is 9.74. The number of nitrogens with one attached hydrogen (secondary N) is 2. The second-order valence-corrected chi connectivity index (χ2v) is 6.89. The first-order valence-corrected chi connectivity index (χ1v) is 8.81. The molecule has 1 saturated heterocycles. The van der Waals surface area contributed by atoms with Crippen LogP contribution in [0, 0.1) is 5.82 Å². The molecule has 7 heteroatoms. The molecule has 1 amide bonds. The first-order valence-electron chi connectivity index (χ1n) is 7.93. The number of piperidine rings is 1. The van der Waals surface area contributed by atoms with E-state index in [-0.39, 0.29) is 18.3 Å². The van der Waals surface area contributed by atoms with Crippen molar-refractivity contribution in [3.63, 3.8) is 0 Å². The number of aliphatic hydroxyl groups is 1. The summed E-state index contributed by atoms with van der Waals surface area (Å²) in [5, 5.41) is 17.8. The standard InChI is InChI=1S/C17H20FN3O2S/c18-13-4-2-12(3-5-13)17(6-1-7-19-11-17)16(23)20-8-15-21-14(9-22)10-24-15/h2-5,10,19,22H,1,6-9,11H2,(H,20,23)/t17-/m1/s1. The van der Waals surface area contributed by atoms with Gasteiger partial charge in [0.1, 0.15) is 10.8 Å². The molecule has 1 aromatic carbocycles. The lowest BCUT2D eigenvalue weighted by Crippen LogP contribution is -2.53. The summed E-state index contributed by atoms with van der Waals surface area (Å²) in [4.78, 5) is 17.2. The molecule has 0 unspecified atom stereocenters. The van der Waals surface area contributed by atoms with Crippen molar-refractivity contribution in [2.24, 2.45) is 0 Å². The molecule has 0 saturated carbocycles. The van der Waals surface area contributed by atoms with Crippen molar-refractivity contribution in [1.29, 1.82) is 0 Å². The third kappa shape index (κ3) is 3.48. The van der Waals surface area contributed by atoms with Gasteiger partial charge in [0.2, 0.25) is 5.91 Å². The molecule has 1 aliphatic heterocycles. The van der Waals surface area contributed by atoms with Crippen LogP contribution in [0.15, 0.2) is 29.6 Å². The number of hydrogen-bond acceptors (Lipinski definition) is 5. The molecule has 3 N–H and O–H groups in total. The number of aliphatic hydroxyl groups excluding tert-OH is 1. The summed E-state index contributed by atoms with van der Waals surface area (Å²) < 4.78 is 13.2. The molecule has 0 radical (unpaired) electrons. The van der Waals surface area contributed by atoms with E-state index in [9.17, 15) is 9.18 Å². The maximum Gasteiger partial charge on any atom is 0.232 e. The fourth-order valence-electron chi connectivity index (χ4n) is 3.07. The van der Waals surface area contributed by atoms with E-state index in [0.717, 1.165) is 30.0 Å². The fourth-order valence-corrected chi connectivity index (χ4v) is 3.80. The van der Waals surface area contributed by atoms with E-state index in [4.69, 9.17) is 5.11 Å². The molecule has 128 valence electrons. The van der Waals surface area contributed by atoms with Crippen molar-refractivity contribution in [2.45, 2.75) is 31.4 Å². The van der Waals surface area contributed by atoms with Crippen molar-refractivity contribution < 1.29 is 14.3 Å². The fraction of sp³-hybridized carbons (Fsp3) is 0.412. The van der Waals surface area contributed by atoms with E-state index in [2.05, 4.69) is 15.6 Å². The second-order valence-electron chi connectivity index (χ2n) is 5.94. The van der Waals surface area contributed by atoms with E-state index in [1.54, 1.807) is 17.5 Å². The average molecular weight is 349 g/mol. The molecule has 1 aromatic heterocycles. The van der Waals surface area contributed by atoms with Gasteiger partial charge < -0.3 is 15.7 Å². The van der Waals surface area contributed by atoms with Gasteiger partial charge in [-0.15, -0.1) is 11.3 Å². The molecule has 1 aliphatic rings. The van der Waals surface area contributed by atoms with Crippen molar-refractivity contribution in [3.8, 4) is 0 Å². The van der Waals surface area contributed by atoms with E-state index >= 15 is 0 Å². The summed E-state index contributed by atoms with van der Waals surface area (Å²) in [6, 6.07) is 6.17. The smallest absolute Gasteiger partial charge is 0.232 e. The molecule has 24 heavy (non-hydrogen) atoms. The Morgan fingerprint density at radius 3 is 2.83 bits per heavy atom. The van der Waals surface area contributed by atoms with Gasteiger partial charge in [0.25, 0.3) is 0 Å². The van der Waals surface area contributed by atoms with Gasteiger partial charge in [0.15, 0.2) is 0 Å². The molecule has 1 atom stereocenters. The van der Waals surface area contributed by atoms with Gasteiger partial charge >= 0.3 is 0 Å². The van der Waals surface area contributed by atoms with E-state index in [1.807, 2.05) is 0 Å². The highest BCUT2D eigenvalue weighted by Crippen LogP contribution is 2.32. The third-order valence-corrected chi connectivity index (χ3v) is 5.27. The minimum Gasteiger partial charge on any atom is -0.390 e. The molecular weight excluding hydrogens is 329 g/mol. The Hall–Kier alpha value is -1.83. The normalized spacial score (nSPS) is 20.8. The Balaban J connectivity index is 1.77. The van der Waals surface area contributed by atoms with E-state index in [0.29, 0.717) is 18.8 Å². The Labute approximate surface area is 143 Å². The summed E-state index contributed by atoms with van der Waals surface area (Å²) in [7, 11) is 0. The first kappa shape index (κ1) is 17.0. The van der Waals surface area contributed by atoms with Crippen LogP contribution in [0.25, 0.3) is 0 Å². The highest BCUT2D eigenvalue weighted by Gasteiger charge is 2.41. The monoisotopic (exact) mass is 349 g/mol. The lowest BCUT2D eigenvalue weighted by Gasteiger charge is -2.36. The van der Waals surface area contributed by atoms with Gasteiger partial charge in [-0.3, -0.25) is 4.79 Å². The van der Waals surface area contributed by atoms with Gasteiger partial charge in [-0.1, -0.05) is 12.1 Å². The zero-order chi connectivity index (χ0) is 17.0. The number of amides is 1. The van der Waals surface area contributed by atoms with Crippen LogP contribution in [0.5, 0.6) is 0 Å². The maximum atomic E-state index is 13.2. The predicted octanol–water partition coefficient (Wildman–Crippen LogP) is 1.71. The highest BCUT2D eigenvalue weighted by molar-refractivity contribution is 7.09. The SMILES string of the molecule is O=C(NCc1nc(CO)cs1)[C@]1(c2ccc(F)cc2)CCCNC1. The summed E-state index contributed by atoms with van der Waals surface area (Å²) in [5.41, 5.74) is 0.740. The summed E-state index contributed by atoms with van der Waals surface area (Å²) in [5.74, 6) is -0.389.